The van der Waals surface area contributed by atoms with Crippen LogP contribution in [0.2, 0.25) is 0 Å². The minimum Gasteiger partial charge on any atom is -0.409 e. The van der Waals surface area contributed by atoms with E-state index in [1.54, 1.807) is 6.20 Å². The van der Waals surface area contributed by atoms with Gasteiger partial charge in [0.2, 0.25) is 0 Å². The van der Waals surface area contributed by atoms with Crippen molar-refractivity contribution in [3.8, 4) is 0 Å². The van der Waals surface area contributed by atoms with Crippen molar-refractivity contribution in [3.63, 3.8) is 0 Å². The normalized spacial score (nSPS) is 20.8. The molecule has 0 spiro atoms. The van der Waals surface area contributed by atoms with Crippen LogP contribution in [0.25, 0.3) is 10.9 Å². The zero-order valence-electron chi connectivity index (χ0n) is 11.9. The topological polar surface area (TPSA) is 74.7 Å². The van der Waals surface area contributed by atoms with Gasteiger partial charge in [0.15, 0.2) is 5.84 Å². The zero-order chi connectivity index (χ0) is 14.7. The Balaban J connectivity index is 1.82. The first kappa shape index (κ1) is 13.8. The van der Waals surface area contributed by atoms with Gasteiger partial charge in [-0.3, -0.25) is 9.88 Å². The smallest absolute Gasteiger partial charge is 0.156 e. The molecule has 0 bridgehead atoms. The summed E-state index contributed by atoms with van der Waals surface area (Å²) in [6.45, 7) is 1.79. The second-order valence-electron chi connectivity index (χ2n) is 5.54. The second-order valence-corrected chi connectivity index (χ2v) is 5.54. The number of pyridine rings is 1. The zero-order valence-corrected chi connectivity index (χ0v) is 11.9. The number of piperidine rings is 1. The molecule has 3 rings (SSSR count). The van der Waals surface area contributed by atoms with Gasteiger partial charge in [-0.2, -0.15) is 0 Å². The number of aromatic nitrogens is 1. The van der Waals surface area contributed by atoms with Crippen molar-refractivity contribution in [3.05, 3.63) is 42.1 Å². The van der Waals surface area contributed by atoms with Crippen LogP contribution >= 0.6 is 0 Å². The predicted octanol–water partition coefficient (Wildman–Crippen LogP) is 2.34. The molecule has 1 fully saturated rings. The molecule has 0 amide bonds. The van der Waals surface area contributed by atoms with Gasteiger partial charge in [-0.15, -0.1) is 0 Å². The van der Waals surface area contributed by atoms with E-state index in [0.29, 0.717) is 5.84 Å². The number of likely N-dealkylation sites (tertiary alicyclic amines) is 1. The second kappa shape index (κ2) is 6.10. The molecule has 0 aliphatic carbocycles. The lowest BCUT2D eigenvalue weighted by atomic mass is 10.00. The maximum absolute atomic E-state index is 8.94. The van der Waals surface area contributed by atoms with Crippen LogP contribution in [0.1, 0.15) is 24.8 Å². The lowest BCUT2D eigenvalue weighted by Gasteiger charge is -2.34. The molecule has 1 aromatic heterocycles. The van der Waals surface area contributed by atoms with Crippen LogP contribution in [0.5, 0.6) is 0 Å². The number of benzene rings is 1. The maximum Gasteiger partial charge on any atom is 0.156 e. The summed E-state index contributed by atoms with van der Waals surface area (Å²) in [5.41, 5.74) is 8.07. The average Bonchev–Trinajstić information content (AvgIpc) is 2.54. The summed E-state index contributed by atoms with van der Waals surface area (Å²) in [6, 6.07) is 10.4. The lowest BCUT2D eigenvalue weighted by Crippen LogP contribution is -2.47. The Morgan fingerprint density at radius 3 is 3.14 bits per heavy atom. The van der Waals surface area contributed by atoms with Gasteiger partial charge in [-0.25, -0.2) is 0 Å². The van der Waals surface area contributed by atoms with Crippen molar-refractivity contribution in [2.24, 2.45) is 10.9 Å². The van der Waals surface area contributed by atoms with Crippen LogP contribution < -0.4 is 5.73 Å². The van der Waals surface area contributed by atoms with E-state index < -0.39 is 0 Å². The van der Waals surface area contributed by atoms with Crippen molar-refractivity contribution < 1.29 is 5.21 Å². The summed E-state index contributed by atoms with van der Waals surface area (Å²) in [6.07, 6.45) is 5.04. The number of hydrogen-bond acceptors (Lipinski definition) is 4. The fraction of sp³-hybridized carbons (Fsp3) is 0.375. The molecule has 1 aliphatic heterocycles. The third-order valence-corrected chi connectivity index (χ3v) is 4.12. The molecule has 1 atom stereocenters. The number of amidine groups is 1. The van der Waals surface area contributed by atoms with Crippen LogP contribution in [0.4, 0.5) is 0 Å². The fourth-order valence-electron chi connectivity index (χ4n) is 3.04. The summed E-state index contributed by atoms with van der Waals surface area (Å²) in [4.78, 5) is 6.63. The first-order valence-electron chi connectivity index (χ1n) is 7.33. The van der Waals surface area contributed by atoms with Crippen LogP contribution in [0.15, 0.2) is 41.7 Å². The molecule has 21 heavy (non-hydrogen) atoms. The number of rotatable bonds is 3. The highest BCUT2D eigenvalue weighted by Gasteiger charge is 2.25. The first-order valence-corrected chi connectivity index (χ1v) is 7.33. The Morgan fingerprint density at radius 2 is 2.29 bits per heavy atom. The number of nitrogens with zero attached hydrogens (tertiary/aromatic N) is 3. The van der Waals surface area contributed by atoms with Crippen molar-refractivity contribution in [2.45, 2.75) is 31.8 Å². The minimum atomic E-state index is 0.0355. The third-order valence-electron chi connectivity index (χ3n) is 4.12. The summed E-state index contributed by atoms with van der Waals surface area (Å²) in [5, 5.41) is 13.3. The van der Waals surface area contributed by atoms with Gasteiger partial charge in [0.25, 0.3) is 0 Å². The van der Waals surface area contributed by atoms with Crippen LogP contribution in [0.3, 0.4) is 0 Å². The maximum atomic E-state index is 8.94. The van der Waals surface area contributed by atoms with Crippen molar-refractivity contribution in [1.29, 1.82) is 0 Å². The van der Waals surface area contributed by atoms with E-state index in [0.717, 1.165) is 43.3 Å². The Hall–Kier alpha value is -2.14. The third kappa shape index (κ3) is 2.97. The van der Waals surface area contributed by atoms with E-state index in [-0.39, 0.29) is 6.04 Å². The largest absolute Gasteiger partial charge is 0.409 e. The van der Waals surface area contributed by atoms with Gasteiger partial charge >= 0.3 is 0 Å². The molecule has 0 saturated carbocycles. The SMILES string of the molecule is NC(=NO)C1CCCCN1Cc1ccc2ncccc2c1. The van der Waals surface area contributed by atoms with Crippen molar-refractivity contribution in [1.82, 2.24) is 9.88 Å². The molecular weight excluding hydrogens is 264 g/mol. The Bertz CT molecular complexity index is 656. The van der Waals surface area contributed by atoms with E-state index in [9.17, 15) is 0 Å². The lowest BCUT2D eigenvalue weighted by molar-refractivity contribution is 0.178. The molecule has 110 valence electrons. The first-order chi connectivity index (χ1) is 10.3. The summed E-state index contributed by atoms with van der Waals surface area (Å²) in [5.74, 6) is 0.317. The van der Waals surface area contributed by atoms with Crippen LogP contribution in [-0.4, -0.2) is 33.5 Å². The van der Waals surface area contributed by atoms with Gasteiger partial charge < -0.3 is 10.9 Å². The van der Waals surface area contributed by atoms with Crippen LogP contribution in [0, 0.1) is 0 Å². The molecule has 2 heterocycles. The molecule has 1 unspecified atom stereocenters. The summed E-state index contributed by atoms with van der Waals surface area (Å²) < 4.78 is 0. The van der Waals surface area contributed by atoms with Crippen molar-refractivity contribution >= 4 is 16.7 Å². The standard InChI is InChI=1S/C16H20N4O/c17-16(19-21)15-5-1-2-9-20(15)11-12-6-7-14-13(10-12)4-3-8-18-14/h3-4,6-8,10,15,21H,1-2,5,9,11H2,(H2,17,19). The van der Waals surface area contributed by atoms with Gasteiger partial charge in [0, 0.05) is 18.1 Å². The summed E-state index contributed by atoms with van der Waals surface area (Å²) in [7, 11) is 0. The highest BCUT2D eigenvalue weighted by molar-refractivity contribution is 5.85. The van der Waals surface area contributed by atoms with Crippen molar-refractivity contribution in [2.75, 3.05) is 6.54 Å². The number of fused-ring (bicyclic) bond motifs is 1. The van der Waals surface area contributed by atoms with E-state index in [2.05, 4.69) is 33.2 Å². The molecule has 5 heteroatoms. The van der Waals surface area contributed by atoms with E-state index in [1.165, 1.54) is 5.56 Å². The molecule has 5 nitrogen and oxygen atoms in total. The molecule has 3 N–H and O–H groups in total. The van der Waals surface area contributed by atoms with Gasteiger partial charge in [-0.1, -0.05) is 23.7 Å². The Kier molecular flexibility index (Phi) is 4.01. The van der Waals surface area contributed by atoms with Gasteiger partial charge in [0.05, 0.1) is 11.6 Å². The number of hydrogen-bond donors (Lipinski definition) is 2. The molecular formula is C16H20N4O. The number of oxime groups is 1. The highest BCUT2D eigenvalue weighted by Crippen LogP contribution is 2.21. The molecule has 1 saturated heterocycles. The van der Waals surface area contributed by atoms with E-state index in [4.69, 9.17) is 10.9 Å². The van der Waals surface area contributed by atoms with Gasteiger partial charge in [-0.05, 0) is 43.1 Å². The molecule has 1 aromatic carbocycles. The van der Waals surface area contributed by atoms with Crippen LogP contribution in [-0.2, 0) is 6.54 Å². The van der Waals surface area contributed by atoms with E-state index in [1.807, 2.05) is 12.1 Å². The Morgan fingerprint density at radius 1 is 1.38 bits per heavy atom. The quantitative estimate of drug-likeness (QED) is 0.392. The number of nitrogens with two attached hydrogens (primary N) is 1. The van der Waals surface area contributed by atoms with Gasteiger partial charge in [0.1, 0.15) is 0 Å². The monoisotopic (exact) mass is 284 g/mol. The minimum absolute atomic E-state index is 0.0355. The molecule has 2 aromatic rings. The summed E-state index contributed by atoms with van der Waals surface area (Å²) >= 11 is 0. The van der Waals surface area contributed by atoms with E-state index >= 15 is 0 Å². The molecule has 1 aliphatic rings. The molecule has 0 radical (unpaired) electrons. The highest BCUT2D eigenvalue weighted by atomic mass is 16.4. The Labute approximate surface area is 124 Å². The predicted molar refractivity (Wildman–Crippen MR) is 83.2 cm³/mol. The average molecular weight is 284 g/mol. The fourth-order valence-corrected chi connectivity index (χ4v) is 3.04.